The van der Waals surface area contributed by atoms with Crippen LogP contribution in [0.1, 0.15) is 76.0 Å². The SMILES string of the molecule is CC1=CC=CC(C)(N(c2cccc(C)c2)c2cc(C(=O)C3=CC(N(c4cccc(C)c4)c4cccc(C)c4)CC(N(c4cccc(C)c4)c4cccc(C)c4)=C3)cc(N(c3cccc(C)c3)c3cccc(C)c3)c2)C1. The summed E-state index contributed by atoms with van der Waals surface area (Å²) in [4.78, 5) is 26.1. The zero-order valence-electron chi connectivity index (χ0n) is 45.0. The van der Waals surface area contributed by atoms with Crippen molar-refractivity contribution in [1.82, 2.24) is 0 Å². The molecule has 0 amide bonds. The molecule has 5 nitrogen and oxygen atoms in total. The Morgan fingerprint density at radius 1 is 0.453 bits per heavy atom. The molecule has 2 unspecified atom stereocenters. The molecule has 0 aliphatic heterocycles. The average Bonchev–Trinajstić information content (AvgIpc) is 3.37. The molecule has 0 aromatic heterocycles. The molecule has 8 aromatic carbocycles. The second-order valence-electron chi connectivity index (χ2n) is 21.3. The summed E-state index contributed by atoms with van der Waals surface area (Å²) in [7, 11) is 0. The molecule has 8 aromatic rings. The van der Waals surface area contributed by atoms with E-state index in [0.29, 0.717) is 17.6 Å². The van der Waals surface area contributed by atoms with Gasteiger partial charge in [0.05, 0.1) is 11.6 Å². The van der Waals surface area contributed by atoms with Crippen molar-refractivity contribution in [3.05, 3.63) is 280 Å². The lowest BCUT2D eigenvalue weighted by Gasteiger charge is -2.43. The van der Waals surface area contributed by atoms with Crippen LogP contribution in [0.25, 0.3) is 0 Å². The van der Waals surface area contributed by atoms with Gasteiger partial charge in [-0.1, -0.05) is 115 Å². The van der Waals surface area contributed by atoms with E-state index >= 15 is 4.79 Å². The number of aryl methyl sites for hydroxylation is 7. The molecular formula is C70H68N4O. The van der Waals surface area contributed by atoms with Gasteiger partial charge in [0, 0.05) is 74.4 Å². The first-order chi connectivity index (χ1) is 36.2. The third kappa shape index (κ3) is 11.0. The molecule has 2 atom stereocenters. The molecule has 10 rings (SSSR count). The maximum Gasteiger partial charge on any atom is 0.192 e. The first-order valence-electron chi connectivity index (χ1n) is 26.3. The lowest BCUT2D eigenvalue weighted by atomic mass is 9.85. The van der Waals surface area contributed by atoms with Gasteiger partial charge < -0.3 is 19.6 Å². The standard InChI is InChI=1S/C70H68N4O/c1-48-18-10-26-58(34-48)71(59-27-11-19-49(2)35-59)65-41-56(42-66(45-65)72(60-28-12-20-50(3)36-60)61-29-13-21-51(4)37-61)69(75)57-43-67(73(62-30-14-22-52(5)38-62)63-31-15-23-53(6)39-63)46-68(44-57)74(64-32-16-24-54(7)40-64)70(9)33-17-25-55(8)47-70/h10-44,46,65H,45,47H2,1-9H3. The molecule has 0 N–H and O–H groups in total. The fourth-order valence-corrected chi connectivity index (χ4v) is 11.2. The highest BCUT2D eigenvalue weighted by Gasteiger charge is 2.35. The second kappa shape index (κ2) is 21.2. The summed E-state index contributed by atoms with van der Waals surface area (Å²) in [6, 6.07) is 67.2. The predicted octanol–water partition coefficient (Wildman–Crippen LogP) is 18.6. The second-order valence-corrected chi connectivity index (χ2v) is 21.3. The molecule has 0 saturated carbocycles. The highest BCUT2D eigenvalue weighted by Crippen LogP contribution is 2.46. The van der Waals surface area contributed by atoms with Gasteiger partial charge >= 0.3 is 0 Å². The number of nitrogens with zero attached hydrogens (tertiary/aromatic N) is 4. The van der Waals surface area contributed by atoms with Crippen LogP contribution in [-0.4, -0.2) is 17.4 Å². The normalized spacial score (nSPS) is 16.1. The minimum Gasteiger partial charge on any atom is -0.334 e. The number of allylic oxidation sites excluding steroid dienone is 4. The Kier molecular flexibility index (Phi) is 14.2. The number of hydrogen-bond acceptors (Lipinski definition) is 5. The lowest BCUT2D eigenvalue weighted by molar-refractivity contribution is 0.103. The van der Waals surface area contributed by atoms with E-state index in [0.717, 1.165) is 91.1 Å². The third-order valence-corrected chi connectivity index (χ3v) is 14.5. The smallest absolute Gasteiger partial charge is 0.192 e. The zero-order chi connectivity index (χ0) is 52.4. The Hall–Kier alpha value is -8.41. The largest absolute Gasteiger partial charge is 0.334 e. The summed E-state index contributed by atoms with van der Waals surface area (Å²) in [5.74, 6) is -0.0554. The van der Waals surface area contributed by atoms with Gasteiger partial charge in [0.2, 0.25) is 0 Å². The van der Waals surface area contributed by atoms with Gasteiger partial charge in [-0.05, 0) is 217 Å². The fraction of sp³-hybridized carbons (Fsp3) is 0.186. The highest BCUT2D eigenvalue weighted by atomic mass is 16.1. The van der Waals surface area contributed by atoms with Crippen LogP contribution >= 0.6 is 0 Å². The molecular weight excluding hydrogens is 913 g/mol. The van der Waals surface area contributed by atoms with E-state index in [4.69, 9.17) is 0 Å². The Morgan fingerprint density at radius 3 is 1.31 bits per heavy atom. The van der Waals surface area contributed by atoms with Gasteiger partial charge in [0.25, 0.3) is 0 Å². The Balaban J connectivity index is 1.25. The molecule has 0 spiro atoms. The monoisotopic (exact) mass is 981 g/mol. The van der Waals surface area contributed by atoms with Crippen LogP contribution in [0.4, 0.5) is 51.2 Å². The Labute approximate surface area is 445 Å². The van der Waals surface area contributed by atoms with Crippen molar-refractivity contribution in [3.8, 4) is 0 Å². The van der Waals surface area contributed by atoms with E-state index in [1.54, 1.807) is 0 Å². The Bertz CT molecular complexity index is 3440. The summed E-state index contributed by atoms with van der Waals surface area (Å²) < 4.78 is 0. The number of carbonyl (C=O) groups excluding carboxylic acids is 1. The summed E-state index contributed by atoms with van der Waals surface area (Å²) in [6.07, 6.45) is 12.5. The fourth-order valence-electron chi connectivity index (χ4n) is 11.2. The van der Waals surface area contributed by atoms with E-state index in [1.807, 2.05) is 0 Å². The molecule has 5 heteroatoms. The maximum atomic E-state index is 16.5. The van der Waals surface area contributed by atoms with Crippen molar-refractivity contribution >= 4 is 57.0 Å². The van der Waals surface area contributed by atoms with Crippen LogP contribution in [-0.2, 0) is 0 Å². The first-order valence-corrected chi connectivity index (χ1v) is 26.3. The third-order valence-electron chi connectivity index (χ3n) is 14.5. The molecule has 2 aliphatic rings. The zero-order valence-corrected chi connectivity index (χ0v) is 45.0. The van der Waals surface area contributed by atoms with E-state index in [2.05, 4.69) is 300 Å². The first kappa shape index (κ1) is 50.1. The predicted molar refractivity (Wildman–Crippen MR) is 318 cm³/mol. The minimum absolute atomic E-state index is 0.0554. The van der Waals surface area contributed by atoms with E-state index < -0.39 is 5.54 Å². The van der Waals surface area contributed by atoms with Crippen LogP contribution in [0.2, 0.25) is 0 Å². The summed E-state index contributed by atoms with van der Waals surface area (Å²) >= 11 is 0. The van der Waals surface area contributed by atoms with Crippen LogP contribution in [0.5, 0.6) is 0 Å². The van der Waals surface area contributed by atoms with Gasteiger partial charge in [-0.25, -0.2) is 0 Å². The molecule has 374 valence electrons. The van der Waals surface area contributed by atoms with E-state index in [1.165, 1.54) is 16.7 Å². The number of hydrogen-bond donors (Lipinski definition) is 0. The number of rotatable bonds is 14. The minimum atomic E-state index is -0.463. The topological polar surface area (TPSA) is 30.0 Å². The van der Waals surface area contributed by atoms with E-state index in [-0.39, 0.29) is 11.8 Å². The van der Waals surface area contributed by atoms with Gasteiger partial charge in [-0.3, -0.25) is 4.79 Å². The van der Waals surface area contributed by atoms with E-state index in [9.17, 15) is 0 Å². The highest BCUT2D eigenvalue weighted by molar-refractivity contribution is 6.12. The van der Waals surface area contributed by atoms with Gasteiger partial charge in [0.15, 0.2) is 5.78 Å². The van der Waals surface area contributed by atoms with Gasteiger partial charge in [-0.2, -0.15) is 0 Å². The number of ketones is 1. The lowest BCUT2D eigenvalue weighted by Crippen LogP contribution is -2.43. The van der Waals surface area contributed by atoms with Crippen molar-refractivity contribution in [2.24, 2.45) is 0 Å². The summed E-state index contributed by atoms with van der Waals surface area (Å²) in [6.45, 7) is 19.5. The molecule has 0 fully saturated rings. The number of anilines is 9. The van der Waals surface area contributed by atoms with Crippen molar-refractivity contribution in [1.29, 1.82) is 0 Å². The molecule has 2 aliphatic carbocycles. The van der Waals surface area contributed by atoms with Gasteiger partial charge in [0.1, 0.15) is 0 Å². The quantitative estimate of drug-likeness (QED) is 0.101. The number of carbonyl (C=O) groups is 1. The maximum absolute atomic E-state index is 16.5. The molecule has 0 radical (unpaired) electrons. The molecule has 0 bridgehead atoms. The van der Waals surface area contributed by atoms with Crippen LogP contribution < -0.4 is 19.6 Å². The average molecular weight is 981 g/mol. The molecule has 0 heterocycles. The summed E-state index contributed by atoms with van der Waals surface area (Å²) in [5, 5.41) is 0. The van der Waals surface area contributed by atoms with Crippen molar-refractivity contribution in [3.63, 3.8) is 0 Å². The van der Waals surface area contributed by atoms with Crippen molar-refractivity contribution < 1.29 is 4.79 Å². The van der Waals surface area contributed by atoms with Crippen LogP contribution in [0.3, 0.4) is 0 Å². The summed E-state index contributed by atoms with van der Waals surface area (Å²) in [5.41, 5.74) is 20.3. The van der Waals surface area contributed by atoms with Crippen LogP contribution in [0, 0.1) is 48.5 Å². The van der Waals surface area contributed by atoms with Crippen LogP contribution in [0.15, 0.2) is 235 Å². The number of Topliss-reactive ketones (excluding diaryl/α,β-unsaturated/α-hetero) is 1. The van der Waals surface area contributed by atoms with Crippen molar-refractivity contribution in [2.45, 2.75) is 86.7 Å². The number of benzene rings is 8. The Morgan fingerprint density at radius 2 is 0.853 bits per heavy atom. The van der Waals surface area contributed by atoms with Crippen molar-refractivity contribution in [2.75, 3.05) is 19.6 Å². The molecule has 0 saturated heterocycles. The molecule has 75 heavy (non-hydrogen) atoms. The van der Waals surface area contributed by atoms with Gasteiger partial charge in [-0.15, -0.1) is 0 Å².